The number of nitrogens with zero attached hydrogens (tertiary/aromatic N) is 2. The summed E-state index contributed by atoms with van der Waals surface area (Å²) in [5, 5.41) is 12.3. The topological polar surface area (TPSA) is 73.6 Å². The van der Waals surface area contributed by atoms with Crippen molar-refractivity contribution in [2.75, 3.05) is 13.2 Å². The van der Waals surface area contributed by atoms with Crippen LogP contribution in [0.2, 0.25) is 0 Å². The zero-order valence-corrected chi connectivity index (χ0v) is 13.7. The van der Waals surface area contributed by atoms with E-state index in [0.29, 0.717) is 40.5 Å². The molecule has 1 aromatic carbocycles. The Morgan fingerprint density at radius 1 is 1.25 bits per heavy atom. The standard InChI is InChI=1S/C17H16N2O4S/c20-13(9-19-10-18-12-4-7-24-16(12)17(19)21)11-2-3-14-15(8-11)23-6-1-5-22-14/h2-4,7-8,10,13,20H,1,5-6,9H2/t13-/m1/s1. The summed E-state index contributed by atoms with van der Waals surface area (Å²) in [6, 6.07) is 7.17. The van der Waals surface area contributed by atoms with Gasteiger partial charge in [-0.15, -0.1) is 11.3 Å². The molecule has 0 aliphatic carbocycles. The molecule has 24 heavy (non-hydrogen) atoms. The number of benzene rings is 1. The maximum atomic E-state index is 12.4. The Morgan fingerprint density at radius 3 is 2.96 bits per heavy atom. The highest BCUT2D eigenvalue weighted by molar-refractivity contribution is 7.17. The van der Waals surface area contributed by atoms with E-state index in [1.807, 2.05) is 11.4 Å². The summed E-state index contributed by atoms with van der Waals surface area (Å²) in [6.07, 6.45) is 1.47. The van der Waals surface area contributed by atoms with Crippen LogP contribution in [0, 0.1) is 0 Å². The van der Waals surface area contributed by atoms with E-state index in [2.05, 4.69) is 4.98 Å². The number of fused-ring (bicyclic) bond motifs is 2. The van der Waals surface area contributed by atoms with E-state index in [-0.39, 0.29) is 12.1 Å². The molecule has 6 nitrogen and oxygen atoms in total. The minimum Gasteiger partial charge on any atom is -0.490 e. The Labute approximate surface area is 141 Å². The maximum absolute atomic E-state index is 12.4. The number of hydrogen-bond acceptors (Lipinski definition) is 6. The van der Waals surface area contributed by atoms with Crippen LogP contribution in [0.4, 0.5) is 0 Å². The molecular formula is C17H16N2O4S. The van der Waals surface area contributed by atoms with Crippen molar-refractivity contribution in [2.45, 2.75) is 19.1 Å². The second-order valence-electron chi connectivity index (χ2n) is 5.61. The van der Waals surface area contributed by atoms with Gasteiger partial charge < -0.3 is 14.6 Å². The average Bonchev–Trinajstić information content (AvgIpc) is 2.95. The van der Waals surface area contributed by atoms with Crippen LogP contribution in [-0.2, 0) is 6.54 Å². The molecule has 0 radical (unpaired) electrons. The van der Waals surface area contributed by atoms with E-state index < -0.39 is 6.10 Å². The fourth-order valence-electron chi connectivity index (χ4n) is 2.69. The summed E-state index contributed by atoms with van der Waals surface area (Å²) in [6.45, 7) is 1.35. The Balaban J connectivity index is 1.61. The fourth-order valence-corrected chi connectivity index (χ4v) is 3.48. The number of thiophene rings is 1. The quantitative estimate of drug-likeness (QED) is 0.789. The van der Waals surface area contributed by atoms with Crippen LogP contribution in [-0.4, -0.2) is 27.9 Å². The van der Waals surface area contributed by atoms with Crippen molar-refractivity contribution in [3.63, 3.8) is 0 Å². The van der Waals surface area contributed by atoms with E-state index in [0.717, 1.165) is 6.42 Å². The monoisotopic (exact) mass is 344 g/mol. The van der Waals surface area contributed by atoms with Crippen molar-refractivity contribution >= 4 is 21.6 Å². The van der Waals surface area contributed by atoms with Gasteiger partial charge in [-0.2, -0.15) is 0 Å². The van der Waals surface area contributed by atoms with E-state index in [9.17, 15) is 9.90 Å². The summed E-state index contributed by atoms with van der Waals surface area (Å²) in [7, 11) is 0. The number of ether oxygens (including phenoxy) is 2. The van der Waals surface area contributed by atoms with E-state index >= 15 is 0 Å². The first-order chi connectivity index (χ1) is 11.7. The predicted molar refractivity (Wildman–Crippen MR) is 90.9 cm³/mol. The van der Waals surface area contributed by atoms with Crippen LogP contribution in [0.3, 0.4) is 0 Å². The molecule has 1 aliphatic rings. The third-order valence-electron chi connectivity index (χ3n) is 3.96. The SMILES string of the molecule is O=c1c2sccc2ncn1C[C@@H](O)c1ccc2c(c1)OCCCO2. The highest BCUT2D eigenvalue weighted by Gasteiger charge is 2.16. The van der Waals surface area contributed by atoms with Gasteiger partial charge in [-0.1, -0.05) is 6.07 Å². The molecule has 1 atom stereocenters. The molecular weight excluding hydrogens is 328 g/mol. The lowest BCUT2D eigenvalue weighted by molar-refractivity contribution is 0.154. The van der Waals surface area contributed by atoms with Gasteiger partial charge in [-0.25, -0.2) is 4.98 Å². The number of aromatic nitrogens is 2. The molecule has 2 aromatic heterocycles. The molecule has 7 heteroatoms. The van der Waals surface area contributed by atoms with Crippen LogP contribution in [0.1, 0.15) is 18.1 Å². The lowest BCUT2D eigenvalue weighted by atomic mass is 10.1. The molecule has 3 heterocycles. The molecule has 0 unspecified atom stereocenters. The molecule has 0 fully saturated rings. The van der Waals surface area contributed by atoms with Gasteiger partial charge in [-0.05, 0) is 29.1 Å². The maximum Gasteiger partial charge on any atom is 0.271 e. The van der Waals surface area contributed by atoms with Gasteiger partial charge in [0.1, 0.15) is 4.70 Å². The zero-order valence-electron chi connectivity index (χ0n) is 12.8. The molecule has 0 bridgehead atoms. The molecule has 0 saturated heterocycles. The molecule has 1 aliphatic heterocycles. The minimum atomic E-state index is -0.834. The lowest BCUT2D eigenvalue weighted by Crippen LogP contribution is -2.23. The molecule has 1 N–H and O–H groups in total. The normalized spacial score (nSPS) is 15.2. The van der Waals surface area contributed by atoms with Gasteiger partial charge in [0.2, 0.25) is 0 Å². The summed E-state index contributed by atoms with van der Waals surface area (Å²) in [4.78, 5) is 16.7. The number of hydrogen-bond donors (Lipinski definition) is 1. The van der Waals surface area contributed by atoms with Gasteiger partial charge in [0, 0.05) is 6.42 Å². The molecule has 124 valence electrons. The van der Waals surface area contributed by atoms with Crippen molar-refractivity contribution in [3.8, 4) is 11.5 Å². The van der Waals surface area contributed by atoms with Crippen LogP contribution in [0.15, 0.2) is 40.8 Å². The Morgan fingerprint density at radius 2 is 2.08 bits per heavy atom. The third kappa shape index (κ3) is 2.76. The molecule has 3 aromatic rings. The van der Waals surface area contributed by atoms with Crippen molar-refractivity contribution in [2.24, 2.45) is 0 Å². The smallest absolute Gasteiger partial charge is 0.271 e. The molecule has 0 spiro atoms. The van der Waals surface area contributed by atoms with E-state index in [1.54, 1.807) is 18.2 Å². The Hall–Kier alpha value is -2.38. The first kappa shape index (κ1) is 15.2. The van der Waals surface area contributed by atoms with Gasteiger partial charge in [0.05, 0.1) is 37.7 Å². The Kier molecular flexibility index (Phi) is 3.95. The molecule has 0 saturated carbocycles. The highest BCUT2D eigenvalue weighted by Crippen LogP contribution is 2.32. The summed E-state index contributed by atoms with van der Waals surface area (Å²) < 4.78 is 13.3. The average molecular weight is 344 g/mol. The minimum absolute atomic E-state index is 0.136. The number of rotatable bonds is 3. The largest absolute Gasteiger partial charge is 0.490 e. The van der Waals surface area contributed by atoms with Crippen molar-refractivity contribution < 1.29 is 14.6 Å². The highest BCUT2D eigenvalue weighted by atomic mass is 32.1. The van der Waals surface area contributed by atoms with E-state index in [4.69, 9.17) is 9.47 Å². The first-order valence-corrected chi connectivity index (χ1v) is 8.60. The number of aliphatic hydroxyl groups excluding tert-OH is 1. The Bertz CT molecular complexity index is 934. The number of aliphatic hydroxyl groups is 1. The molecule has 4 rings (SSSR count). The van der Waals surface area contributed by atoms with Crippen LogP contribution < -0.4 is 15.0 Å². The second kappa shape index (κ2) is 6.26. The van der Waals surface area contributed by atoms with Gasteiger partial charge >= 0.3 is 0 Å². The predicted octanol–water partition coefficient (Wildman–Crippen LogP) is 2.35. The van der Waals surface area contributed by atoms with E-state index in [1.165, 1.54) is 22.2 Å². The van der Waals surface area contributed by atoms with Crippen LogP contribution in [0.5, 0.6) is 11.5 Å². The van der Waals surface area contributed by atoms with Gasteiger partial charge in [-0.3, -0.25) is 9.36 Å². The lowest BCUT2D eigenvalue weighted by Gasteiger charge is -2.15. The fraction of sp³-hybridized carbons (Fsp3) is 0.294. The van der Waals surface area contributed by atoms with Crippen molar-refractivity contribution in [3.05, 3.63) is 51.9 Å². The van der Waals surface area contributed by atoms with Crippen molar-refractivity contribution in [1.82, 2.24) is 9.55 Å². The summed E-state index contributed by atoms with van der Waals surface area (Å²) in [5.74, 6) is 1.31. The van der Waals surface area contributed by atoms with Crippen LogP contribution >= 0.6 is 11.3 Å². The van der Waals surface area contributed by atoms with Crippen LogP contribution in [0.25, 0.3) is 10.2 Å². The van der Waals surface area contributed by atoms with Crippen molar-refractivity contribution in [1.29, 1.82) is 0 Å². The van der Waals surface area contributed by atoms with Gasteiger partial charge in [0.15, 0.2) is 11.5 Å². The summed E-state index contributed by atoms with van der Waals surface area (Å²) in [5.41, 5.74) is 1.23. The first-order valence-electron chi connectivity index (χ1n) is 7.72. The zero-order chi connectivity index (χ0) is 16.5. The van der Waals surface area contributed by atoms with Gasteiger partial charge in [0.25, 0.3) is 5.56 Å². The summed E-state index contributed by atoms with van der Waals surface area (Å²) >= 11 is 1.36. The second-order valence-corrected chi connectivity index (χ2v) is 6.53. The third-order valence-corrected chi connectivity index (χ3v) is 4.85. The molecule has 0 amide bonds.